The van der Waals surface area contributed by atoms with Crippen molar-refractivity contribution in [3.8, 4) is 0 Å². The van der Waals surface area contributed by atoms with Crippen LogP contribution in [0.3, 0.4) is 0 Å². The van der Waals surface area contributed by atoms with E-state index in [-0.39, 0.29) is 12.4 Å². The molecule has 0 aliphatic carbocycles. The lowest BCUT2D eigenvalue weighted by atomic mass is 9.87. The maximum atomic E-state index is 14.0. The van der Waals surface area contributed by atoms with Gasteiger partial charge in [-0.05, 0) is 23.9 Å². The Bertz CT molecular complexity index is 509. The highest BCUT2D eigenvalue weighted by molar-refractivity contribution is 7.09. The molecule has 1 atom stereocenters. The number of aliphatic hydroxyl groups is 1. The minimum absolute atomic E-state index is 0.129. The molecule has 19 heavy (non-hydrogen) atoms. The van der Waals surface area contributed by atoms with E-state index in [0.717, 1.165) is 0 Å². The van der Waals surface area contributed by atoms with E-state index in [1.54, 1.807) is 29.5 Å². The lowest BCUT2D eigenvalue weighted by Gasteiger charge is -2.33. The van der Waals surface area contributed by atoms with Crippen molar-refractivity contribution in [1.82, 2.24) is 5.32 Å². The number of hydrogen-bond acceptors (Lipinski definition) is 3. The van der Waals surface area contributed by atoms with E-state index in [4.69, 9.17) is 0 Å². The van der Waals surface area contributed by atoms with Crippen LogP contribution in [0.4, 0.5) is 4.39 Å². The molecule has 2 N–H and O–H groups in total. The van der Waals surface area contributed by atoms with Gasteiger partial charge in [-0.3, -0.25) is 0 Å². The maximum Gasteiger partial charge on any atom is 0.128 e. The van der Waals surface area contributed by atoms with Crippen molar-refractivity contribution in [3.63, 3.8) is 0 Å². The van der Waals surface area contributed by atoms with Crippen molar-refractivity contribution in [1.29, 1.82) is 0 Å². The first-order chi connectivity index (χ1) is 9.22. The van der Waals surface area contributed by atoms with E-state index in [9.17, 15) is 9.50 Å². The first-order valence-electron chi connectivity index (χ1n) is 6.35. The number of aliphatic hydroxyl groups excluding tert-OH is 1. The molecule has 0 aliphatic rings. The molecule has 0 saturated heterocycles. The molecule has 0 saturated carbocycles. The number of thiophene rings is 1. The quantitative estimate of drug-likeness (QED) is 0.850. The Morgan fingerprint density at radius 2 is 2.05 bits per heavy atom. The van der Waals surface area contributed by atoms with E-state index in [2.05, 4.69) is 5.32 Å². The van der Waals surface area contributed by atoms with Crippen molar-refractivity contribution >= 4 is 11.3 Å². The summed E-state index contributed by atoms with van der Waals surface area (Å²) in [5.74, 6) is -0.280. The lowest BCUT2D eigenvalue weighted by Crippen LogP contribution is -2.45. The monoisotopic (exact) mass is 279 g/mol. The predicted molar refractivity (Wildman–Crippen MR) is 76.6 cm³/mol. The third-order valence-electron chi connectivity index (χ3n) is 3.44. The highest BCUT2D eigenvalue weighted by Gasteiger charge is 2.31. The van der Waals surface area contributed by atoms with Crippen molar-refractivity contribution < 1.29 is 9.50 Å². The number of nitrogens with one attached hydrogen (secondary N) is 1. The molecule has 4 heteroatoms. The summed E-state index contributed by atoms with van der Waals surface area (Å²) in [5, 5.41) is 15.1. The first kappa shape index (κ1) is 14.2. The summed E-state index contributed by atoms with van der Waals surface area (Å²) in [6.07, 6.45) is 0.621. The highest BCUT2D eigenvalue weighted by atomic mass is 32.1. The average Bonchev–Trinajstić information content (AvgIpc) is 2.95. The van der Waals surface area contributed by atoms with E-state index in [0.29, 0.717) is 18.5 Å². The van der Waals surface area contributed by atoms with Gasteiger partial charge < -0.3 is 10.4 Å². The second-order valence-corrected chi connectivity index (χ2v) is 5.54. The lowest BCUT2D eigenvalue weighted by molar-refractivity contribution is 0.150. The molecule has 1 heterocycles. The van der Waals surface area contributed by atoms with Crippen molar-refractivity contribution in [2.45, 2.75) is 25.4 Å². The van der Waals surface area contributed by atoms with Gasteiger partial charge in [0.1, 0.15) is 5.82 Å². The second kappa shape index (κ2) is 6.28. The number of hydrogen-bond donors (Lipinski definition) is 2. The Balaban J connectivity index is 2.24. The smallest absolute Gasteiger partial charge is 0.128 e. The number of benzene rings is 1. The van der Waals surface area contributed by atoms with Crippen LogP contribution in [0.2, 0.25) is 0 Å². The fourth-order valence-electron chi connectivity index (χ4n) is 2.18. The van der Waals surface area contributed by atoms with Crippen LogP contribution in [0.15, 0.2) is 41.8 Å². The van der Waals surface area contributed by atoms with Gasteiger partial charge in [0, 0.05) is 17.0 Å². The molecular formula is C15H18FNOS. The van der Waals surface area contributed by atoms with E-state index < -0.39 is 5.54 Å². The van der Waals surface area contributed by atoms with E-state index in [1.165, 1.54) is 10.9 Å². The van der Waals surface area contributed by atoms with Crippen molar-refractivity contribution in [3.05, 3.63) is 58.0 Å². The number of halogens is 1. The molecule has 102 valence electrons. The van der Waals surface area contributed by atoms with Gasteiger partial charge in [-0.15, -0.1) is 11.3 Å². The van der Waals surface area contributed by atoms with Crippen LogP contribution in [0.5, 0.6) is 0 Å². The Morgan fingerprint density at radius 1 is 1.26 bits per heavy atom. The molecule has 1 aromatic heterocycles. The summed E-state index contributed by atoms with van der Waals surface area (Å²) < 4.78 is 14.0. The molecule has 0 fully saturated rings. The Labute approximate surface area is 116 Å². The van der Waals surface area contributed by atoms with Crippen LogP contribution >= 0.6 is 11.3 Å². The zero-order chi connectivity index (χ0) is 13.7. The van der Waals surface area contributed by atoms with Crippen LogP contribution in [0.25, 0.3) is 0 Å². The Kier molecular flexibility index (Phi) is 4.69. The molecule has 0 bridgehead atoms. The van der Waals surface area contributed by atoms with E-state index >= 15 is 0 Å². The molecule has 1 unspecified atom stereocenters. The molecule has 0 amide bonds. The van der Waals surface area contributed by atoms with Gasteiger partial charge in [0.15, 0.2) is 0 Å². The van der Waals surface area contributed by atoms with Crippen LogP contribution in [-0.4, -0.2) is 11.7 Å². The van der Waals surface area contributed by atoms with Gasteiger partial charge in [-0.2, -0.15) is 0 Å². The van der Waals surface area contributed by atoms with Gasteiger partial charge in [-0.1, -0.05) is 31.2 Å². The SMILES string of the molecule is CCC(CO)(NCc1cccs1)c1ccccc1F. The summed E-state index contributed by atoms with van der Waals surface area (Å²) in [4.78, 5) is 1.17. The second-order valence-electron chi connectivity index (χ2n) is 4.51. The van der Waals surface area contributed by atoms with Crippen molar-refractivity contribution in [2.24, 2.45) is 0 Å². The fourth-order valence-corrected chi connectivity index (χ4v) is 2.83. The normalized spacial score (nSPS) is 14.3. The van der Waals surface area contributed by atoms with Gasteiger partial charge in [0.2, 0.25) is 0 Å². The Hall–Kier alpha value is -1.23. The Morgan fingerprint density at radius 3 is 2.63 bits per heavy atom. The molecule has 2 aromatic rings. The standard InChI is InChI=1S/C15H18FNOS/c1-2-15(11-18,13-7-3-4-8-14(13)16)17-10-12-6-5-9-19-12/h3-9,17-18H,2,10-11H2,1H3. The number of rotatable bonds is 6. The molecule has 0 aliphatic heterocycles. The zero-order valence-electron chi connectivity index (χ0n) is 10.9. The molecule has 1 aromatic carbocycles. The van der Waals surface area contributed by atoms with Gasteiger partial charge >= 0.3 is 0 Å². The third-order valence-corrected chi connectivity index (χ3v) is 4.32. The summed E-state index contributed by atoms with van der Waals surface area (Å²) >= 11 is 1.65. The molecule has 2 nitrogen and oxygen atoms in total. The van der Waals surface area contributed by atoms with Crippen LogP contribution in [-0.2, 0) is 12.1 Å². The molecule has 2 rings (SSSR count). The zero-order valence-corrected chi connectivity index (χ0v) is 11.7. The van der Waals surface area contributed by atoms with Crippen LogP contribution in [0.1, 0.15) is 23.8 Å². The largest absolute Gasteiger partial charge is 0.394 e. The molecular weight excluding hydrogens is 261 g/mol. The topological polar surface area (TPSA) is 32.3 Å². The molecule has 0 radical (unpaired) electrons. The summed E-state index contributed by atoms with van der Waals surface area (Å²) in [5.41, 5.74) is -0.202. The molecule has 0 spiro atoms. The van der Waals surface area contributed by atoms with Gasteiger partial charge in [-0.25, -0.2) is 4.39 Å². The minimum atomic E-state index is -0.727. The summed E-state index contributed by atoms with van der Waals surface area (Å²) in [7, 11) is 0. The van der Waals surface area contributed by atoms with Gasteiger partial charge in [0.25, 0.3) is 0 Å². The average molecular weight is 279 g/mol. The van der Waals surface area contributed by atoms with Crippen LogP contribution < -0.4 is 5.32 Å². The van der Waals surface area contributed by atoms with E-state index in [1.807, 2.05) is 24.4 Å². The highest BCUT2D eigenvalue weighted by Crippen LogP contribution is 2.27. The van der Waals surface area contributed by atoms with Crippen LogP contribution in [0, 0.1) is 5.82 Å². The predicted octanol–water partition coefficient (Wildman–Crippen LogP) is 3.27. The summed E-state index contributed by atoms with van der Waals surface area (Å²) in [6.45, 7) is 2.44. The summed E-state index contributed by atoms with van der Waals surface area (Å²) in [6, 6.07) is 10.6. The maximum absolute atomic E-state index is 14.0. The third kappa shape index (κ3) is 3.03. The van der Waals surface area contributed by atoms with Crippen molar-refractivity contribution in [2.75, 3.05) is 6.61 Å². The first-order valence-corrected chi connectivity index (χ1v) is 7.23. The fraction of sp³-hybridized carbons (Fsp3) is 0.333. The minimum Gasteiger partial charge on any atom is -0.394 e. The van der Waals surface area contributed by atoms with Gasteiger partial charge in [0.05, 0.1) is 12.1 Å².